The van der Waals surface area contributed by atoms with Crippen molar-refractivity contribution in [2.75, 3.05) is 20.7 Å². The number of nitrogens with zero attached hydrogens (tertiary/aromatic N) is 1. The van der Waals surface area contributed by atoms with E-state index in [1.165, 1.54) is 76.5 Å². The highest BCUT2D eigenvalue weighted by atomic mass is 32.2. The normalized spacial score (nSPS) is 12.3. The van der Waals surface area contributed by atoms with Gasteiger partial charge in [-0.25, -0.2) is 8.42 Å². The van der Waals surface area contributed by atoms with E-state index < -0.39 is 15.6 Å². The highest BCUT2D eigenvalue weighted by Crippen LogP contribution is 2.23. The van der Waals surface area contributed by atoms with Crippen LogP contribution >= 0.6 is 0 Å². The van der Waals surface area contributed by atoms with Crippen molar-refractivity contribution < 1.29 is 17.9 Å². The average Bonchev–Trinajstić information content (AvgIpc) is 2.74. The molecule has 0 radical (unpaired) electrons. The van der Waals surface area contributed by atoms with Gasteiger partial charge in [-0.15, -0.1) is 0 Å². The maximum Gasteiger partial charge on any atom is 0.210 e. The summed E-state index contributed by atoms with van der Waals surface area (Å²) in [4.78, 5) is 13.5. The molecule has 0 spiro atoms. The van der Waals surface area contributed by atoms with Gasteiger partial charge in [-0.1, -0.05) is 64.7 Å². The number of ketones is 1. The van der Waals surface area contributed by atoms with Gasteiger partial charge in [0.15, 0.2) is 5.78 Å². The summed E-state index contributed by atoms with van der Waals surface area (Å²) in [5.74, 6) is 0.149. The predicted octanol–water partition coefficient (Wildman–Crippen LogP) is 6.31. The first-order valence-electron chi connectivity index (χ1n) is 11.8. The summed E-state index contributed by atoms with van der Waals surface area (Å²) in [6, 6.07) is 6.29. The molecule has 0 aliphatic heterocycles. The quantitative estimate of drug-likeness (QED) is 0.154. The Balaban J connectivity index is 2.46. The number of Topliss-reactive ketones (excluding diaryl/α,β-unsaturated/α-hetero) is 1. The first kappa shape index (κ1) is 28.0. The van der Waals surface area contributed by atoms with Crippen LogP contribution in [0, 0.1) is 0 Å². The van der Waals surface area contributed by atoms with Crippen molar-refractivity contribution in [1.29, 1.82) is 0 Å². The second kappa shape index (κ2) is 15.7. The van der Waals surface area contributed by atoms with E-state index in [-0.39, 0.29) is 9.80 Å². The van der Waals surface area contributed by atoms with Crippen molar-refractivity contribution in [3.05, 3.63) is 47.5 Å². The number of carbonyl (C=O) groups excluding carboxylic acids is 1. The fourth-order valence-corrected chi connectivity index (χ4v) is 4.70. The highest BCUT2D eigenvalue weighted by Gasteiger charge is 2.23. The van der Waals surface area contributed by atoms with Gasteiger partial charge in [0.1, 0.15) is 10.7 Å². The Hall–Kier alpha value is -2.08. The maximum absolute atomic E-state index is 12.8. The number of sulfone groups is 1. The number of ether oxygens (including phenoxy) is 1. The molecule has 0 amide bonds. The van der Waals surface area contributed by atoms with E-state index in [2.05, 4.69) is 6.92 Å². The Morgan fingerprint density at radius 3 is 1.94 bits per heavy atom. The van der Waals surface area contributed by atoms with Gasteiger partial charge < -0.3 is 9.64 Å². The summed E-state index contributed by atoms with van der Waals surface area (Å²) in [6.07, 6.45) is 17.3. The number of unbranched alkanes of at least 4 members (excludes halogenated alkanes) is 9. The maximum atomic E-state index is 12.8. The van der Waals surface area contributed by atoms with Crippen molar-refractivity contribution in [2.24, 2.45) is 0 Å². The fourth-order valence-electron chi connectivity index (χ4n) is 3.32. The average molecular weight is 464 g/mol. The lowest BCUT2D eigenvalue weighted by Crippen LogP contribution is -2.11. The van der Waals surface area contributed by atoms with Gasteiger partial charge in [0.2, 0.25) is 9.84 Å². The molecule has 1 aromatic carbocycles. The number of hydrogen-bond acceptors (Lipinski definition) is 5. The van der Waals surface area contributed by atoms with Crippen LogP contribution in [0.15, 0.2) is 52.4 Å². The minimum Gasteiger partial charge on any atom is -0.494 e. The number of benzene rings is 1. The fraction of sp³-hybridized carbons (Fsp3) is 0.577. The molecule has 1 rings (SSSR count). The van der Waals surface area contributed by atoms with Gasteiger partial charge in [-0.2, -0.15) is 0 Å². The molecule has 180 valence electrons. The zero-order valence-electron chi connectivity index (χ0n) is 20.3. The van der Waals surface area contributed by atoms with Gasteiger partial charge in [-0.3, -0.25) is 4.79 Å². The lowest BCUT2D eigenvalue weighted by molar-refractivity contribution is -0.113. The molecule has 0 bridgehead atoms. The summed E-state index contributed by atoms with van der Waals surface area (Å²) >= 11 is 0. The summed E-state index contributed by atoms with van der Waals surface area (Å²) in [5.41, 5.74) is 0. The van der Waals surface area contributed by atoms with Crippen molar-refractivity contribution in [1.82, 2.24) is 4.90 Å². The van der Waals surface area contributed by atoms with Gasteiger partial charge in [0, 0.05) is 14.1 Å². The molecule has 1 aromatic rings. The molecule has 0 fully saturated rings. The Morgan fingerprint density at radius 2 is 1.44 bits per heavy atom. The molecule has 0 atom stereocenters. The van der Waals surface area contributed by atoms with Crippen LogP contribution in [0.5, 0.6) is 5.75 Å². The molecule has 6 heteroatoms. The van der Waals surface area contributed by atoms with E-state index in [0.29, 0.717) is 12.4 Å². The van der Waals surface area contributed by atoms with Crippen molar-refractivity contribution in [2.45, 2.75) is 83.0 Å². The van der Waals surface area contributed by atoms with E-state index in [1.807, 2.05) is 14.1 Å². The molecule has 0 N–H and O–H groups in total. The molecule has 5 nitrogen and oxygen atoms in total. The second-order valence-corrected chi connectivity index (χ2v) is 10.3. The Morgan fingerprint density at radius 1 is 0.906 bits per heavy atom. The molecule has 0 heterocycles. The molecule has 0 aliphatic rings. The first-order chi connectivity index (χ1) is 15.3. The van der Waals surface area contributed by atoms with Crippen LogP contribution in [0.4, 0.5) is 0 Å². The topological polar surface area (TPSA) is 63.7 Å². The molecule has 0 aromatic heterocycles. The molecular weight excluding hydrogens is 422 g/mol. The van der Waals surface area contributed by atoms with Crippen LogP contribution in [0.1, 0.15) is 78.1 Å². The Kier molecular flexibility index (Phi) is 13.7. The largest absolute Gasteiger partial charge is 0.494 e. The Bertz CT molecular complexity index is 824. The molecule has 32 heavy (non-hydrogen) atoms. The van der Waals surface area contributed by atoms with Crippen molar-refractivity contribution in [3.8, 4) is 5.75 Å². The monoisotopic (exact) mass is 463 g/mol. The lowest BCUT2D eigenvalue weighted by atomic mass is 10.1. The van der Waals surface area contributed by atoms with Gasteiger partial charge in [0.25, 0.3) is 0 Å². The molecule has 0 saturated heterocycles. The van der Waals surface area contributed by atoms with E-state index >= 15 is 0 Å². The molecule has 0 unspecified atom stereocenters. The van der Waals surface area contributed by atoms with Crippen LogP contribution in [0.2, 0.25) is 0 Å². The lowest BCUT2D eigenvalue weighted by Gasteiger charge is -2.09. The Labute approximate surface area is 195 Å². The zero-order valence-corrected chi connectivity index (χ0v) is 21.1. The third-order valence-corrected chi connectivity index (χ3v) is 7.06. The standard InChI is InChI=1S/C26H41NO4S/c1-5-6-7-8-9-10-11-12-13-14-22-31-24-17-19-25(20-18-24)32(29,30)26(23(2)28)16-15-21-27(3)4/h15-21H,5-14,22H2,1-4H3. The minimum absolute atomic E-state index is 0.0866. The minimum atomic E-state index is -3.87. The number of carbonyl (C=O) groups is 1. The van der Waals surface area contributed by atoms with E-state index in [0.717, 1.165) is 12.8 Å². The van der Waals surface area contributed by atoms with E-state index in [9.17, 15) is 13.2 Å². The third-order valence-electron chi connectivity index (χ3n) is 5.17. The van der Waals surface area contributed by atoms with Crippen LogP contribution < -0.4 is 4.74 Å². The molecular formula is C26H41NO4S. The van der Waals surface area contributed by atoms with E-state index in [4.69, 9.17) is 4.74 Å². The van der Waals surface area contributed by atoms with Crippen molar-refractivity contribution in [3.63, 3.8) is 0 Å². The number of rotatable bonds is 17. The first-order valence-corrected chi connectivity index (χ1v) is 13.3. The molecule has 0 aliphatic carbocycles. The van der Waals surface area contributed by atoms with Crippen LogP contribution in [0.3, 0.4) is 0 Å². The van der Waals surface area contributed by atoms with Gasteiger partial charge in [-0.05, 0) is 56.0 Å². The van der Waals surface area contributed by atoms with Gasteiger partial charge in [0.05, 0.1) is 11.5 Å². The van der Waals surface area contributed by atoms with E-state index in [1.54, 1.807) is 29.3 Å². The van der Waals surface area contributed by atoms with Crippen molar-refractivity contribution >= 4 is 15.6 Å². The number of hydrogen-bond donors (Lipinski definition) is 0. The predicted molar refractivity (Wildman–Crippen MR) is 133 cm³/mol. The zero-order chi connectivity index (χ0) is 23.8. The van der Waals surface area contributed by atoms with Crippen LogP contribution in [0.25, 0.3) is 0 Å². The van der Waals surface area contributed by atoms with Crippen LogP contribution in [-0.2, 0) is 14.6 Å². The second-order valence-electron chi connectivity index (χ2n) is 8.40. The summed E-state index contributed by atoms with van der Waals surface area (Å²) < 4.78 is 31.4. The summed E-state index contributed by atoms with van der Waals surface area (Å²) in [7, 11) is -0.234. The summed E-state index contributed by atoms with van der Waals surface area (Å²) in [5, 5.41) is 0. The smallest absolute Gasteiger partial charge is 0.210 e. The van der Waals surface area contributed by atoms with Gasteiger partial charge >= 0.3 is 0 Å². The summed E-state index contributed by atoms with van der Waals surface area (Å²) in [6.45, 7) is 4.12. The highest BCUT2D eigenvalue weighted by molar-refractivity contribution is 7.96. The SMILES string of the molecule is CCCCCCCCCCCCOc1ccc(S(=O)(=O)C(=CC=CN(C)C)C(C)=O)cc1. The van der Waals surface area contributed by atoms with Crippen LogP contribution in [-0.4, -0.2) is 39.8 Å². The third kappa shape index (κ3) is 11.0. The number of allylic oxidation sites excluding steroid dienone is 3. The molecule has 0 saturated carbocycles.